The molecule has 0 aromatic heterocycles. The molecule has 6 nitrogen and oxygen atoms in total. The summed E-state index contributed by atoms with van der Waals surface area (Å²) in [6, 6.07) is 5.11. The lowest BCUT2D eigenvalue weighted by molar-refractivity contribution is -0.131. The average Bonchev–Trinajstić information content (AvgIpc) is 3.21. The number of halogens is 2. The Morgan fingerprint density at radius 2 is 2.10 bits per heavy atom. The minimum Gasteiger partial charge on any atom is -0.353 e. The van der Waals surface area contributed by atoms with Crippen LogP contribution in [0.5, 0.6) is 0 Å². The van der Waals surface area contributed by atoms with E-state index in [-0.39, 0.29) is 42.8 Å². The Labute approximate surface area is 169 Å². The zero-order valence-electron chi connectivity index (χ0n) is 16.7. The number of likely N-dealkylation sites (tertiary alicyclic amines) is 1. The van der Waals surface area contributed by atoms with Gasteiger partial charge in [-0.05, 0) is 44.7 Å². The summed E-state index contributed by atoms with van der Waals surface area (Å²) in [4.78, 5) is 26.3. The lowest BCUT2D eigenvalue weighted by Gasteiger charge is -2.27. The molecule has 0 spiro atoms. The lowest BCUT2D eigenvalue weighted by Crippen LogP contribution is -2.49. The van der Waals surface area contributed by atoms with Crippen molar-refractivity contribution in [3.63, 3.8) is 0 Å². The highest BCUT2D eigenvalue weighted by atomic mass is 19.1. The van der Waals surface area contributed by atoms with Crippen LogP contribution in [0.1, 0.15) is 51.0 Å². The van der Waals surface area contributed by atoms with Gasteiger partial charge >= 0.3 is 0 Å². The smallest absolute Gasteiger partial charge is 0.237 e. The largest absolute Gasteiger partial charge is 0.353 e. The summed E-state index contributed by atoms with van der Waals surface area (Å²) < 4.78 is 26.9. The van der Waals surface area contributed by atoms with E-state index in [9.17, 15) is 18.4 Å². The van der Waals surface area contributed by atoms with Gasteiger partial charge in [0.05, 0.1) is 12.6 Å². The van der Waals surface area contributed by atoms with E-state index in [1.54, 1.807) is 4.90 Å². The van der Waals surface area contributed by atoms with Crippen LogP contribution < -0.4 is 10.6 Å². The Kier molecular flexibility index (Phi) is 6.18. The van der Waals surface area contributed by atoms with Crippen LogP contribution in [0.2, 0.25) is 0 Å². The maximum absolute atomic E-state index is 13.9. The predicted molar refractivity (Wildman–Crippen MR) is 103 cm³/mol. The summed E-state index contributed by atoms with van der Waals surface area (Å²) in [5.74, 6) is -1.69. The Hall–Kier alpha value is -2.53. The van der Waals surface area contributed by atoms with Crippen LogP contribution in [0.3, 0.4) is 0 Å². The second kappa shape index (κ2) is 8.46. The average molecular weight is 404 g/mol. The molecule has 1 aliphatic heterocycles. The summed E-state index contributed by atoms with van der Waals surface area (Å²) in [6.45, 7) is 4.30. The van der Waals surface area contributed by atoms with Crippen LogP contribution in [0.15, 0.2) is 18.2 Å². The molecule has 0 radical (unpaired) electrons. The monoisotopic (exact) mass is 404 g/mol. The van der Waals surface area contributed by atoms with Gasteiger partial charge < -0.3 is 15.5 Å². The maximum Gasteiger partial charge on any atom is 0.237 e. The van der Waals surface area contributed by atoms with Crippen molar-refractivity contribution in [3.05, 3.63) is 35.4 Å². The number of rotatable bonds is 7. The normalized spacial score (nSPS) is 23.6. The fourth-order valence-electron chi connectivity index (χ4n) is 3.84. The molecule has 2 amide bonds. The van der Waals surface area contributed by atoms with Gasteiger partial charge in [0.2, 0.25) is 11.8 Å². The molecule has 1 aromatic rings. The van der Waals surface area contributed by atoms with Crippen molar-refractivity contribution in [1.29, 1.82) is 5.26 Å². The first-order valence-electron chi connectivity index (χ1n) is 9.88. The molecule has 1 aromatic carbocycles. The molecule has 0 unspecified atom stereocenters. The van der Waals surface area contributed by atoms with Crippen LogP contribution in [-0.4, -0.2) is 47.4 Å². The van der Waals surface area contributed by atoms with Crippen LogP contribution in [-0.2, 0) is 9.59 Å². The van der Waals surface area contributed by atoms with Crippen molar-refractivity contribution in [2.75, 3.05) is 13.1 Å². The molecular weight excluding hydrogens is 378 g/mol. The van der Waals surface area contributed by atoms with E-state index in [1.165, 1.54) is 12.1 Å². The van der Waals surface area contributed by atoms with Crippen LogP contribution >= 0.6 is 0 Å². The number of nitrogens with zero attached hydrogens (tertiary/aromatic N) is 2. The summed E-state index contributed by atoms with van der Waals surface area (Å²) in [5, 5.41) is 15.1. The van der Waals surface area contributed by atoms with E-state index in [4.69, 9.17) is 5.26 Å². The van der Waals surface area contributed by atoms with Gasteiger partial charge in [-0.25, -0.2) is 8.78 Å². The molecule has 2 N–H and O–H groups in total. The third-order valence-corrected chi connectivity index (χ3v) is 5.54. The minimum atomic E-state index is -0.620. The van der Waals surface area contributed by atoms with Crippen LogP contribution in [0.25, 0.3) is 0 Å². The molecule has 1 saturated heterocycles. The molecule has 156 valence electrons. The standard InChI is InChI=1S/C21H26F2N4O2/c1-21(2,25-12-20(29)27-7-3-4-14(27)11-24)10-19(28)26-18-9-16(18)15-6-5-13(22)8-17(15)23/h5-6,8,14,16,18,25H,3-4,7,9-10,12H2,1-2H3,(H,26,28)/t14-,16+,18-/m0/s1. The SMILES string of the molecule is CC(C)(CC(=O)N[C@H]1C[C@@H]1c1ccc(F)cc1F)NCC(=O)N1CCC[C@H]1C#N. The number of carbonyl (C=O) groups excluding carboxylic acids is 2. The third-order valence-electron chi connectivity index (χ3n) is 5.54. The fourth-order valence-corrected chi connectivity index (χ4v) is 3.84. The summed E-state index contributed by atoms with van der Waals surface area (Å²) in [6.07, 6.45) is 2.29. The molecule has 3 atom stereocenters. The first kappa shape index (κ1) is 21.2. The zero-order valence-corrected chi connectivity index (χ0v) is 16.7. The second-order valence-corrected chi connectivity index (χ2v) is 8.47. The lowest BCUT2D eigenvalue weighted by atomic mass is 10.00. The number of amides is 2. The van der Waals surface area contributed by atoms with Crippen molar-refractivity contribution >= 4 is 11.8 Å². The molecule has 1 aliphatic carbocycles. The van der Waals surface area contributed by atoms with Crippen molar-refractivity contribution in [2.24, 2.45) is 0 Å². The van der Waals surface area contributed by atoms with Gasteiger partial charge in [-0.3, -0.25) is 9.59 Å². The number of benzene rings is 1. The highest BCUT2D eigenvalue weighted by Crippen LogP contribution is 2.42. The van der Waals surface area contributed by atoms with Crippen molar-refractivity contribution in [1.82, 2.24) is 15.5 Å². The van der Waals surface area contributed by atoms with E-state index in [1.807, 2.05) is 13.8 Å². The number of nitrogens with one attached hydrogen (secondary N) is 2. The first-order valence-corrected chi connectivity index (χ1v) is 9.88. The van der Waals surface area contributed by atoms with Gasteiger partial charge in [0, 0.05) is 36.5 Å². The highest BCUT2D eigenvalue weighted by Gasteiger charge is 2.41. The Morgan fingerprint density at radius 1 is 1.34 bits per heavy atom. The summed E-state index contributed by atoms with van der Waals surface area (Å²) in [7, 11) is 0. The fraction of sp³-hybridized carbons (Fsp3) is 0.571. The van der Waals surface area contributed by atoms with Crippen molar-refractivity contribution < 1.29 is 18.4 Å². The number of carbonyl (C=O) groups is 2. The molecule has 8 heteroatoms. The van der Waals surface area contributed by atoms with Gasteiger partial charge in [0.1, 0.15) is 17.7 Å². The van der Waals surface area contributed by atoms with Gasteiger partial charge in [-0.1, -0.05) is 6.07 Å². The number of hydrogen-bond acceptors (Lipinski definition) is 4. The van der Waals surface area contributed by atoms with E-state index < -0.39 is 17.2 Å². The maximum atomic E-state index is 13.9. The quantitative estimate of drug-likeness (QED) is 0.730. The molecule has 2 aliphatic rings. The minimum absolute atomic E-state index is 0.0608. The van der Waals surface area contributed by atoms with Gasteiger partial charge in [0.15, 0.2) is 0 Å². The van der Waals surface area contributed by atoms with Crippen molar-refractivity contribution in [3.8, 4) is 6.07 Å². The van der Waals surface area contributed by atoms with Crippen molar-refractivity contribution in [2.45, 2.75) is 63.1 Å². The highest BCUT2D eigenvalue weighted by molar-refractivity contribution is 5.80. The van der Waals surface area contributed by atoms with Gasteiger partial charge in [-0.15, -0.1) is 0 Å². The molecule has 0 bridgehead atoms. The van der Waals surface area contributed by atoms with Crippen LogP contribution in [0.4, 0.5) is 8.78 Å². The Balaban J connectivity index is 1.45. The van der Waals surface area contributed by atoms with E-state index in [0.29, 0.717) is 24.9 Å². The second-order valence-electron chi connectivity index (χ2n) is 8.47. The summed E-state index contributed by atoms with van der Waals surface area (Å²) >= 11 is 0. The topological polar surface area (TPSA) is 85.2 Å². The number of hydrogen-bond donors (Lipinski definition) is 2. The predicted octanol–water partition coefficient (Wildman–Crippen LogP) is 2.21. The molecule has 29 heavy (non-hydrogen) atoms. The number of nitriles is 1. The Bertz CT molecular complexity index is 836. The van der Waals surface area contributed by atoms with Gasteiger partial charge in [-0.2, -0.15) is 5.26 Å². The third kappa shape index (κ3) is 5.30. The summed E-state index contributed by atoms with van der Waals surface area (Å²) in [5.41, 5.74) is -0.204. The molecule has 3 rings (SSSR count). The Morgan fingerprint density at radius 3 is 2.79 bits per heavy atom. The molecule has 1 heterocycles. The molecule has 2 fully saturated rings. The van der Waals surface area contributed by atoms with Crippen LogP contribution in [0, 0.1) is 23.0 Å². The molecule has 1 saturated carbocycles. The van der Waals surface area contributed by atoms with Gasteiger partial charge in [0.25, 0.3) is 0 Å². The van der Waals surface area contributed by atoms with E-state index in [0.717, 1.165) is 12.5 Å². The van der Waals surface area contributed by atoms with E-state index in [2.05, 4.69) is 16.7 Å². The zero-order chi connectivity index (χ0) is 21.2. The first-order chi connectivity index (χ1) is 13.7. The molecular formula is C21H26F2N4O2. The van der Waals surface area contributed by atoms with E-state index >= 15 is 0 Å².